The summed E-state index contributed by atoms with van der Waals surface area (Å²) in [7, 11) is 1.30. The number of thioether (sulfide) groups is 2. The van der Waals surface area contributed by atoms with Gasteiger partial charge in [0.25, 0.3) is 0 Å². The van der Waals surface area contributed by atoms with Crippen LogP contribution in [0.25, 0.3) is 0 Å². The van der Waals surface area contributed by atoms with Crippen molar-refractivity contribution in [1.29, 1.82) is 0 Å². The number of carbonyl (C=O) groups excluding carboxylic acids is 3. The number of carbonyl (C=O) groups is 4. The van der Waals surface area contributed by atoms with E-state index in [9.17, 15) is 24.3 Å². The number of benzene rings is 1. The fourth-order valence-corrected chi connectivity index (χ4v) is 6.61. The molecule has 2 aliphatic heterocycles. The number of amides is 2. The van der Waals surface area contributed by atoms with Gasteiger partial charge < -0.3 is 21.0 Å². The predicted octanol–water partition coefficient (Wildman–Crippen LogP) is 2.45. The van der Waals surface area contributed by atoms with E-state index in [1.807, 2.05) is 12.3 Å². The normalized spacial score (nSPS) is 19.1. The lowest BCUT2D eigenvalue weighted by molar-refractivity contribution is -0.153. The zero-order chi connectivity index (χ0) is 27.4. The molecule has 1 aromatic heterocycles. The van der Waals surface area contributed by atoms with Crippen LogP contribution >= 0.6 is 34.9 Å². The van der Waals surface area contributed by atoms with Gasteiger partial charge in [-0.1, -0.05) is 17.3 Å². The van der Waals surface area contributed by atoms with E-state index in [2.05, 4.69) is 15.5 Å². The molecule has 0 unspecified atom stereocenters. The Bertz CT molecular complexity index is 1340. The fraction of sp³-hybridized carbons (Fsp3) is 0.333. The number of carboxylic acid groups (broad SMARTS) is 1. The molecule has 0 aliphatic carbocycles. The minimum Gasteiger partial charge on any atom is -0.477 e. The highest BCUT2D eigenvalue weighted by Gasteiger charge is 2.54. The number of nitrogens with one attached hydrogen (secondary N) is 1. The summed E-state index contributed by atoms with van der Waals surface area (Å²) in [6, 6.07) is 7.19. The van der Waals surface area contributed by atoms with E-state index < -0.39 is 29.0 Å². The van der Waals surface area contributed by atoms with Gasteiger partial charge >= 0.3 is 5.97 Å². The lowest BCUT2D eigenvalue weighted by Crippen LogP contribution is -2.62. The summed E-state index contributed by atoms with van der Waals surface area (Å²) in [6.45, 7) is 0. The molecule has 2 atom stereocenters. The van der Waals surface area contributed by atoms with Gasteiger partial charge in [-0.05, 0) is 35.9 Å². The molecule has 0 saturated carbocycles. The van der Waals surface area contributed by atoms with Crippen LogP contribution in [0.5, 0.6) is 0 Å². The Morgan fingerprint density at radius 2 is 2.16 bits per heavy atom. The molecule has 1 aromatic carbocycles. The molecule has 2 amide bonds. The van der Waals surface area contributed by atoms with Crippen molar-refractivity contribution in [2.24, 2.45) is 11.1 Å². The molecule has 0 radical (unpaired) electrons. The molecule has 200 valence electrons. The number of fused-ring (bicyclic) bond motifs is 1. The summed E-state index contributed by atoms with van der Waals surface area (Å²) in [5.74, 6) is -2.19. The number of aromatic nitrogens is 1. The van der Waals surface area contributed by atoms with Gasteiger partial charge in [0.05, 0.1) is 17.0 Å². The van der Waals surface area contributed by atoms with Crippen LogP contribution in [-0.2, 0) is 30.4 Å². The first-order valence-electron chi connectivity index (χ1n) is 11.4. The first-order chi connectivity index (χ1) is 18.2. The summed E-state index contributed by atoms with van der Waals surface area (Å²) in [6.07, 6.45) is 1.98. The lowest BCUT2D eigenvalue weighted by Gasteiger charge is -2.49. The number of rotatable bonds is 11. The molecule has 2 aliphatic rings. The van der Waals surface area contributed by atoms with E-state index in [-0.39, 0.29) is 34.6 Å². The van der Waals surface area contributed by atoms with Crippen LogP contribution in [-0.4, -0.2) is 74.5 Å². The summed E-state index contributed by atoms with van der Waals surface area (Å²) in [5, 5.41) is 18.0. The maximum Gasteiger partial charge on any atom is 0.352 e. The molecule has 1 saturated heterocycles. The molecular formula is C24H25N5O6S3. The number of nitrogens with zero attached hydrogens (tertiary/aromatic N) is 3. The minimum atomic E-state index is -1.20. The first-order valence-corrected chi connectivity index (χ1v) is 14.7. The first kappa shape index (κ1) is 27.7. The van der Waals surface area contributed by atoms with Crippen molar-refractivity contribution in [2.45, 2.75) is 18.2 Å². The van der Waals surface area contributed by atoms with Crippen molar-refractivity contribution in [3.05, 3.63) is 52.2 Å². The smallest absolute Gasteiger partial charge is 0.352 e. The van der Waals surface area contributed by atoms with E-state index in [1.165, 1.54) is 35.5 Å². The number of carboxylic acids is 1. The Labute approximate surface area is 230 Å². The quantitative estimate of drug-likeness (QED) is 0.206. The highest BCUT2D eigenvalue weighted by molar-refractivity contribution is 8.00. The summed E-state index contributed by atoms with van der Waals surface area (Å²) < 4.78 is 0. The van der Waals surface area contributed by atoms with Crippen LogP contribution in [0.4, 0.5) is 10.8 Å². The number of aliphatic carboxylic acids is 1. The summed E-state index contributed by atoms with van der Waals surface area (Å²) >= 11 is 3.98. The number of β-lactam (4-membered cyclic amide) rings is 1. The van der Waals surface area contributed by atoms with Gasteiger partial charge in [-0.2, -0.15) is 11.8 Å². The molecule has 0 bridgehead atoms. The van der Waals surface area contributed by atoms with Crippen LogP contribution in [0.1, 0.15) is 17.7 Å². The Hall–Kier alpha value is -3.36. The monoisotopic (exact) mass is 575 g/mol. The topological polar surface area (TPSA) is 164 Å². The largest absolute Gasteiger partial charge is 0.477 e. The maximum absolute atomic E-state index is 13.1. The second-order valence-electron chi connectivity index (χ2n) is 8.45. The number of oxime groups is 1. The van der Waals surface area contributed by atoms with Crippen LogP contribution in [0.2, 0.25) is 0 Å². The van der Waals surface area contributed by atoms with Crippen molar-refractivity contribution in [1.82, 2.24) is 9.88 Å². The van der Waals surface area contributed by atoms with Crippen molar-refractivity contribution in [3.8, 4) is 0 Å². The van der Waals surface area contributed by atoms with Crippen molar-refractivity contribution >= 4 is 75.0 Å². The van der Waals surface area contributed by atoms with Gasteiger partial charge in [0.15, 0.2) is 16.6 Å². The van der Waals surface area contributed by atoms with Crippen LogP contribution in [0, 0.1) is 5.92 Å². The average Bonchev–Trinajstić information content (AvgIpc) is 3.31. The standard InChI is InChI=1S/C24H25N5O6S3/c1-35-28-19(16-10-38-24(25)27-16)17(30)8-15-21(32)29-20(23(33)34)13(9-37-22(15)29)6-12-4-3-5-14(7-12)26-18(31)11-36-2/h3-5,7,10,15,22H,6,8-9,11H2,1-2H3,(H2,25,27)(H,26,31)(H,33,34)/b28-19-/t15-,22-/m1/s1. The highest BCUT2D eigenvalue weighted by Crippen LogP contribution is 2.46. The van der Waals surface area contributed by atoms with E-state index in [4.69, 9.17) is 10.6 Å². The second-order valence-corrected chi connectivity index (χ2v) is 11.3. The average molecular weight is 576 g/mol. The number of hydrogen-bond donors (Lipinski definition) is 3. The van der Waals surface area contributed by atoms with Crippen molar-refractivity contribution in [3.63, 3.8) is 0 Å². The van der Waals surface area contributed by atoms with Gasteiger partial charge in [0.2, 0.25) is 11.8 Å². The number of ketones is 1. The number of anilines is 2. The third-order valence-corrected chi connectivity index (χ3v) is 8.50. The van der Waals surface area contributed by atoms with E-state index in [1.54, 1.807) is 23.6 Å². The molecule has 0 spiro atoms. The van der Waals surface area contributed by atoms with Gasteiger partial charge in [0.1, 0.15) is 18.5 Å². The fourth-order valence-electron chi connectivity index (χ4n) is 4.31. The van der Waals surface area contributed by atoms with Crippen LogP contribution in [0.3, 0.4) is 0 Å². The Morgan fingerprint density at radius 3 is 2.82 bits per heavy atom. The molecule has 11 nitrogen and oxygen atoms in total. The number of thiazole rings is 1. The molecule has 2 aromatic rings. The molecular weight excluding hydrogens is 550 g/mol. The van der Waals surface area contributed by atoms with E-state index in [0.29, 0.717) is 29.2 Å². The number of nitrogen functional groups attached to an aromatic ring is 1. The SMILES string of the molecule is CO/N=C(\C(=O)C[C@@H]1C(=O)N2C(C(=O)O)=C(Cc3cccc(NC(=O)CSC)c3)CS[C@H]12)c1csc(N)n1. The molecule has 4 N–H and O–H groups in total. The maximum atomic E-state index is 13.1. The predicted molar refractivity (Wildman–Crippen MR) is 148 cm³/mol. The zero-order valence-corrected chi connectivity index (χ0v) is 23.0. The second kappa shape index (κ2) is 12.0. The summed E-state index contributed by atoms with van der Waals surface area (Å²) in [5.41, 5.74) is 7.85. The molecule has 3 heterocycles. The molecule has 38 heavy (non-hydrogen) atoms. The highest BCUT2D eigenvalue weighted by atomic mass is 32.2. The van der Waals surface area contributed by atoms with Crippen LogP contribution in [0.15, 0.2) is 46.1 Å². The minimum absolute atomic E-state index is 0.0355. The van der Waals surface area contributed by atoms with Crippen LogP contribution < -0.4 is 11.1 Å². The van der Waals surface area contributed by atoms with E-state index in [0.717, 1.165) is 16.9 Å². The molecule has 14 heteroatoms. The molecule has 4 rings (SSSR count). The number of nitrogens with two attached hydrogens (primary N) is 1. The van der Waals surface area contributed by atoms with Gasteiger partial charge in [0, 0.05) is 23.2 Å². The van der Waals surface area contributed by atoms with Crippen molar-refractivity contribution in [2.75, 3.05) is 35.9 Å². The van der Waals surface area contributed by atoms with Gasteiger partial charge in [-0.3, -0.25) is 19.3 Å². The molecule has 1 fully saturated rings. The summed E-state index contributed by atoms with van der Waals surface area (Å²) in [4.78, 5) is 60.4. The Balaban J connectivity index is 1.50. The number of Topliss-reactive ketones (excluding diaryl/α,β-unsaturated/α-hetero) is 1. The van der Waals surface area contributed by atoms with Gasteiger partial charge in [-0.25, -0.2) is 9.78 Å². The van der Waals surface area contributed by atoms with Gasteiger partial charge in [-0.15, -0.1) is 23.1 Å². The third kappa shape index (κ3) is 5.87. The third-order valence-electron chi connectivity index (χ3n) is 5.88. The lowest BCUT2D eigenvalue weighted by atomic mass is 9.88. The van der Waals surface area contributed by atoms with E-state index >= 15 is 0 Å². The Morgan fingerprint density at radius 1 is 1.37 bits per heavy atom. The van der Waals surface area contributed by atoms with Crippen molar-refractivity contribution < 1.29 is 29.1 Å². The number of hydrogen-bond acceptors (Lipinski definition) is 11. The zero-order valence-electron chi connectivity index (χ0n) is 20.5. The Kier molecular flexibility index (Phi) is 8.74.